The number of unbranched alkanes of at least 4 members (excludes halogenated alkanes) is 1. The van der Waals surface area contributed by atoms with E-state index in [0.717, 1.165) is 29.3 Å². The Morgan fingerprint density at radius 2 is 2.14 bits per heavy atom. The molecule has 0 aliphatic carbocycles. The number of aromatic nitrogens is 3. The van der Waals surface area contributed by atoms with Gasteiger partial charge in [-0.25, -0.2) is 9.78 Å². The van der Waals surface area contributed by atoms with Crippen LogP contribution in [0.4, 0.5) is 0 Å². The summed E-state index contributed by atoms with van der Waals surface area (Å²) < 4.78 is 3.91. The van der Waals surface area contributed by atoms with Crippen molar-refractivity contribution in [2.75, 3.05) is 0 Å². The molecule has 0 radical (unpaired) electrons. The molecule has 1 amide bonds. The van der Waals surface area contributed by atoms with Crippen molar-refractivity contribution >= 4 is 33.0 Å². The second kappa shape index (κ2) is 7.09. The first-order chi connectivity index (χ1) is 10.5. The maximum atomic E-state index is 12.8. The van der Waals surface area contributed by atoms with Gasteiger partial charge >= 0.3 is 5.69 Å². The number of primary amides is 1. The fourth-order valence-electron chi connectivity index (χ4n) is 2.65. The van der Waals surface area contributed by atoms with Gasteiger partial charge in [0.1, 0.15) is 6.04 Å². The average molecular weight is 369 g/mol. The predicted octanol–water partition coefficient (Wildman–Crippen LogP) is 2.59. The minimum Gasteiger partial charge on any atom is -0.368 e. The highest BCUT2D eigenvalue weighted by Gasteiger charge is 2.25. The summed E-state index contributed by atoms with van der Waals surface area (Å²) in [6.07, 6.45) is 4.77. The van der Waals surface area contributed by atoms with E-state index >= 15 is 0 Å². The maximum Gasteiger partial charge on any atom is 0.331 e. The maximum absolute atomic E-state index is 12.8. The first-order valence-electron chi connectivity index (χ1n) is 7.56. The van der Waals surface area contributed by atoms with Crippen LogP contribution >= 0.6 is 15.9 Å². The monoisotopic (exact) mass is 368 g/mol. The number of carbonyl (C=O) groups excluding carboxylic acids is 1. The van der Waals surface area contributed by atoms with Crippen LogP contribution in [-0.4, -0.2) is 20.0 Å². The van der Waals surface area contributed by atoms with Crippen LogP contribution in [0.25, 0.3) is 11.2 Å². The van der Waals surface area contributed by atoms with Gasteiger partial charge in [-0.15, -0.1) is 0 Å². The Balaban J connectivity index is 2.68. The molecule has 2 aromatic rings. The van der Waals surface area contributed by atoms with Crippen molar-refractivity contribution in [1.82, 2.24) is 14.1 Å². The van der Waals surface area contributed by atoms with Crippen molar-refractivity contribution in [3.05, 3.63) is 27.2 Å². The topological polar surface area (TPSA) is 82.9 Å². The van der Waals surface area contributed by atoms with Gasteiger partial charge < -0.3 is 5.73 Å². The van der Waals surface area contributed by atoms with Crippen molar-refractivity contribution in [3.63, 3.8) is 0 Å². The normalized spacial score (nSPS) is 12.7. The molecule has 2 N–H and O–H groups in total. The number of fused-ring (bicyclic) bond motifs is 1. The summed E-state index contributed by atoms with van der Waals surface area (Å²) in [4.78, 5) is 29.0. The van der Waals surface area contributed by atoms with Gasteiger partial charge in [-0.05, 0) is 34.8 Å². The molecule has 0 fully saturated rings. The lowest BCUT2D eigenvalue weighted by atomic mass is 10.1. The summed E-state index contributed by atoms with van der Waals surface area (Å²) >= 11 is 3.38. The minimum absolute atomic E-state index is 0.220. The molecule has 7 heteroatoms. The fraction of sp³-hybridized carbons (Fsp3) is 0.533. The zero-order chi connectivity index (χ0) is 16.3. The lowest BCUT2D eigenvalue weighted by Crippen LogP contribution is -2.35. The smallest absolute Gasteiger partial charge is 0.331 e. The van der Waals surface area contributed by atoms with Gasteiger partial charge in [0.25, 0.3) is 0 Å². The molecular formula is C15H21BrN4O2. The van der Waals surface area contributed by atoms with E-state index < -0.39 is 11.9 Å². The third-order valence-electron chi connectivity index (χ3n) is 3.69. The van der Waals surface area contributed by atoms with E-state index in [1.165, 1.54) is 4.57 Å². The van der Waals surface area contributed by atoms with Crippen molar-refractivity contribution in [1.29, 1.82) is 0 Å². The second-order valence-electron chi connectivity index (χ2n) is 5.36. The molecule has 1 atom stereocenters. The number of hydrogen-bond acceptors (Lipinski definition) is 3. The largest absolute Gasteiger partial charge is 0.368 e. The second-order valence-corrected chi connectivity index (χ2v) is 6.28. The molecule has 2 rings (SSSR count). The van der Waals surface area contributed by atoms with Crippen LogP contribution in [0, 0.1) is 0 Å². The highest BCUT2D eigenvalue weighted by Crippen LogP contribution is 2.22. The van der Waals surface area contributed by atoms with Crippen LogP contribution in [-0.2, 0) is 11.3 Å². The number of hydrogen-bond donors (Lipinski definition) is 1. The SMILES string of the molecule is CCCCC(C(N)=O)n1c(=O)n(CCC)c2cc(Br)cnc21. The Morgan fingerprint density at radius 1 is 1.41 bits per heavy atom. The van der Waals surface area contributed by atoms with E-state index in [-0.39, 0.29) is 5.69 Å². The zero-order valence-corrected chi connectivity index (χ0v) is 14.5. The van der Waals surface area contributed by atoms with E-state index in [9.17, 15) is 9.59 Å². The van der Waals surface area contributed by atoms with Crippen molar-refractivity contribution < 1.29 is 4.79 Å². The van der Waals surface area contributed by atoms with E-state index in [4.69, 9.17) is 5.73 Å². The van der Waals surface area contributed by atoms with Gasteiger partial charge in [-0.2, -0.15) is 0 Å². The Labute approximate surface area is 137 Å². The molecule has 0 aromatic carbocycles. The van der Waals surface area contributed by atoms with Crippen molar-refractivity contribution in [2.45, 2.75) is 52.1 Å². The van der Waals surface area contributed by atoms with Gasteiger partial charge in [0.05, 0.1) is 5.52 Å². The van der Waals surface area contributed by atoms with Crippen molar-refractivity contribution in [2.24, 2.45) is 5.73 Å². The molecule has 0 aliphatic rings. The molecule has 22 heavy (non-hydrogen) atoms. The van der Waals surface area contributed by atoms with E-state index in [2.05, 4.69) is 20.9 Å². The standard InChI is InChI=1S/C15H21BrN4O2/c1-3-5-6-11(13(17)21)20-14-12(8-10(16)9-18-14)19(7-4-2)15(20)22/h8-9,11H,3-7H2,1-2H3,(H2,17,21). The van der Waals surface area contributed by atoms with Crippen LogP contribution in [0.15, 0.2) is 21.5 Å². The van der Waals surface area contributed by atoms with E-state index in [1.807, 2.05) is 19.9 Å². The van der Waals surface area contributed by atoms with Gasteiger partial charge in [-0.3, -0.25) is 13.9 Å². The molecule has 0 spiro atoms. The molecule has 2 heterocycles. The number of carbonyl (C=O) groups is 1. The molecule has 2 aromatic heterocycles. The van der Waals surface area contributed by atoms with Crippen LogP contribution in [0.2, 0.25) is 0 Å². The Kier molecular flexibility index (Phi) is 5.39. The Morgan fingerprint density at radius 3 is 2.73 bits per heavy atom. The summed E-state index contributed by atoms with van der Waals surface area (Å²) in [5, 5.41) is 0. The highest BCUT2D eigenvalue weighted by atomic mass is 79.9. The molecule has 0 saturated carbocycles. The molecule has 0 saturated heterocycles. The summed E-state index contributed by atoms with van der Waals surface area (Å²) in [7, 11) is 0. The number of amides is 1. The third kappa shape index (κ3) is 3.09. The molecule has 0 bridgehead atoms. The number of rotatable bonds is 7. The summed E-state index contributed by atoms with van der Waals surface area (Å²) in [6, 6.07) is 1.20. The molecule has 0 aliphatic heterocycles. The number of halogens is 1. The van der Waals surface area contributed by atoms with Crippen LogP contribution in [0.1, 0.15) is 45.6 Å². The molecule has 6 nitrogen and oxygen atoms in total. The number of aryl methyl sites for hydroxylation is 1. The number of nitrogens with two attached hydrogens (primary N) is 1. The summed E-state index contributed by atoms with van der Waals surface area (Å²) in [6.45, 7) is 4.62. The fourth-order valence-corrected chi connectivity index (χ4v) is 2.97. The first kappa shape index (κ1) is 16.7. The van der Waals surface area contributed by atoms with E-state index in [1.54, 1.807) is 10.8 Å². The Hall–Kier alpha value is -1.63. The quantitative estimate of drug-likeness (QED) is 0.814. The number of pyridine rings is 1. The number of nitrogens with zero attached hydrogens (tertiary/aromatic N) is 3. The van der Waals surface area contributed by atoms with Gasteiger partial charge in [0.2, 0.25) is 5.91 Å². The molecular weight excluding hydrogens is 348 g/mol. The van der Waals surface area contributed by atoms with E-state index in [0.29, 0.717) is 18.6 Å². The number of imidazole rings is 1. The van der Waals surface area contributed by atoms with Crippen LogP contribution in [0.5, 0.6) is 0 Å². The average Bonchev–Trinajstić information content (AvgIpc) is 2.73. The first-order valence-corrected chi connectivity index (χ1v) is 8.36. The Bertz CT molecular complexity index is 735. The van der Waals surface area contributed by atoms with Crippen molar-refractivity contribution in [3.8, 4) is 0 Å². The molecule has 1 unspecified atom stereocenters. The zero-order valence-electron chi connectivity index (χ0n) is 12.9. The van der Waals surface area contributed by atoms with Crippen LogP contribution in [0.3, 0.4) is 0 Å². The van der Waals surface area contributed by atoms with Gasteiger partial charge in [0.15, 0.2) is 5.65 Å². The minimum atomic E-state index is -0.651. The van der Waals surface area contributed by atoms with Gasteiger partial charge in [-0.1, -0.05) is 26.7 Å². The predicted molar refractivity (Wildman–Crippen MR) is 89.7 cm³/mol. The lowest BCUT2D eigenvalue weighted by molar-refractivity contribution is -0.121. The molecule has 120 valence electrons. The van der Waals surface area contributed by atoms with Crippen LogP contribution < -0.4 is 11.4 Å². The third-order valence-corrected chi connectivity index (χ3v) is 4.12. The highest BCUT2D eigenvalue weighted by molar-refractivity contribution is 9.10. The summed E-state index contributed by atoms with van der Waals surface area (Å²) in [5.41, 5.74) is 6.56. The van der Waals surface area contributed by atoms with Gasteiger partial charge in [0, 0.05) is 17.2 Å². The lowest BCUT2D eigenvalue weighted by Gasteiger charge is -2.14. The summed E-state index contributed by atoms with van der Waals surface area (Å²) in [5.74, 6) is -0.490.